The number of anilines is 1. The van der Waals surface area contributed by atoms with Crippen LogP contribution in [0.4, 0.5) is 5.82 Å². The van der Waals surface area contributed by atoms with Crippen LogP contribution in [0.1, 0.15) is 12.5 Å². The van der Waals surface area contributed by atoms with E-state index in [9.17, 15) is 0 Å². The number of nitrogens with one attached hydrogen (secondary N) is 1. The maximum Gasteiger partial charge on any atom is 0.221 e. The van der Waals surface area contributed by atoms with Crippen LogP contribution in [0.2, 0.25) is 0 Å². The van der Waals surface area contributed by atoms with Crippen molar-refractivity contribution in [3.63, 3.8) is 0 Å². The summed E-state index contributed by atoms with van der Waals surface area (Å²) in [6, 6.07) is 0.445. The standard InChI is InChI=1S/C11H20N4O/c1-8(15(3)4)6-12-10-9(2)11(16-5)14-7-13-10/h7-8H,6H2,1-5H3,(H,12,13,14). The van der Waals surface area contributed by atoms with Gasteiger partial charge in [-0.15, -0.1) is 0 Å². The molecule has 0 spiro atoms. The molecule has 0 aliphatic carbocycles. The molecule has 1 aromatic rings. The molecule has 0 radical (unpaired) electrons. The summed E-state index contributed by atoms with van der Waals surface area (Å²) < 4.78 is 5.14. The monoisotopic (exact) mass is 224 g/mol. The molecule has 90 valence electrons. The van der Waals surface area contributed by atoms with Crippen LogP contribution in [-0.4, -0.2) is 48.7 Å². The zero-order valence-electron chi connectivity index (χ0n) is 10.6. The summed E-state index contributed by atoms with van der Waals surface area (Å²) in [6.45, 7) is 4.94. The van der Waals surface area contributed by atoms with Gasteiger partial charge in [0.25, 0.3) is 0 Å². The fraction of sp³-hybridized carbons (Fsp3) is 0.636. The highest BCUT2D eigenvalue weighted by atomic mass is 16.5. The highest BCUT2D eigenvalue weighted by Gasteiger charge is 2.09. The maximum atomic E-state index is 5.14. The van der Waals surface area contributed by atoms with Crippen molar-refractivity contribution < 1.29 is 4.74 Å². The molecule has 1 atom stereocenters. The molecule has 1 heterocycles. The lowest BCUT2D eigenvalue weighted by atomic mass is 10.3. The predicted molar refractivity (Wildman–Crippen MR) is 65.0 cm³/mol. The first-order chi connectivity index (χ1) is 7.56. The number of ether oxygens (including phenoxy) is 1. The van der Waals surface area contributed by atoms with Crippen molar-refractivity contribution in [2.45, 2.75) is 19.9 Å². The second-order valence-corrected chi connectivity index (χ2v) is 4.05. The first-order valence-corrected chi connectivity index (χ1v) is 5.32. The highest BCUT2D eigenvalue weighted by molar-refractivity contribution is 5.47. The number of nitrogens with zero attached hydrogens (tertiary/aromatic N) is 3. The number of hydrogen-bond acceptors (Lipinski definition) is 5. The smallest absolute Gasteiger partial charge is 0.221 e. The van der Waals surface area contributed by atoms with Crippen molar-refractivity contribution in [2.24, 2.45) is 0 Å². The van der Waals surface area contributed by atoms with Crippen LogP contribution in [0.5, 0.6) is 5.88 Å². The van der Waals surface area contributed by atoms with Gasteiger partial charge in [-0.2, -0.15) is 0 Å². The molecule has 5 nitrogen and oxygen atoms in total. The molecule has 1 N–H and O–H groups in total. The second kappa shape index (κ2) is 5.65. The summed E-state index contributed by atoms with van der Waals surface area (Å²) in [5, 5.41) is 3.30. The van der Waals surface area contributed by atoms with Crippen molar-refractivity contribution in [1.82, 2.24) is 14.9 Å². The first-order valence-electron chi connectivity index (χ1n) is 5.32. The number of aromatic nitrogens is 2. The maximum absolute atomic E-state index is 5.14. The van der Waals surface area contributed by atoms with Gasteiger partial charge in [-0.05, 0) is 27.9 Å². The van der Waals surface area contributed by atoms with Crippen LogP contribution in [0.15, 0.2) is 6.33 Å². The summed E-state index contributed by atoms with van der Waals surface area (Å²) >= 11 is 0. The molecule has 0 fully saturated rings. The SMILES string of the molecule is COc1ncnc(NCC(C)N(C)C)c1C. The minimum Gasteiger partial charge on any atom is -0.481 e. The van der Waals surface area contributed by atoms with Crippen molar-refractivity contribution >= 4 is 5.82 Å². The quantitative estimate of drug-likeness (QED) is 0.813. The largest absolute Gasteiger partial charge is 0.481 e. The van der Waals surface area contributed by atoms with Crippen molar-refractivity contribution in [3.05, 3.63) is 11.9 Å². The lowest BCUT2D eigenvalue weighted by molar-refractivity contribution is 0.326. The fourth-order valence-electron chi connectivity index (χ4n) is 1.24. The van der Waals surface area contributed by atoms with Crippen LogP contribution in [0.3, 0.4) is 0 Å². The minimum absolute atomic E-state index is 0.445. The highest BCUT2D eigenvalue weighted by Crippen LogP contribution is 2.19. The van der Waals surface area contributed by atoms with Crippen LogP contribution >= 0.6 is 0 Å². The van der Waals surface area contributed by atoms with E-state index in [-0.39, 0.29) is 0 Å². The van der Waals surface area contributed by atoms with Crippen LogP contribution in [0.25, 0.3) is 0 Å². The average molecular weight is 224 g/mol. The Morgan fingerprint density at radius 1 is 1.44 bits per heavy atom. The van der Waals surface area contributed by atoms with E-state index in [4.69, 9.17) is 4.74 Å². The van der Waals surface area contributed by atoms with Gasteiger partial charge < -0.3 is 15.0 Å². The Labute approximate surface area is 96.8 Å². The number of likely N-dealkylation sites (N-methyl/N-ethyl adjacent to an activating group) is 1. The summed E-state index contributed by atoms with van der Waals surface area (Å²) in [6.07, 6.45) is 1.51. The van der Waals surface area contributed by atoms with Crippen LogP contribution < -0.4 is 10.1 Å². The van der Waals surface area contributed by atoms with Crippen molar-refractivity contribution in [3.8, 4) is 5.88 Å². The van der Waals surface area contributed by atoms with Gasteiger partial charge in [0.05, 0.1) is 12.7 Å². The third kappa shape index (κ3) is 3.06. The summed E-state index contributed by atoms with van der Waals surface area (Å²) in [5.41, 5.74) is 0.941. The van der Waals surface area contributed by atoms with Gasteiger partial charge in [0.2, 0.25) is 5.88 Å². The van der Waals surface area contributed by atoms with Gasteiger partial charge >= 0.3 is 0 Å². The molecule has 0 aliphatic heterocycles. The first kappa shape index (κ1) is 12.7. The Bertz CT molecular complexity index is 341. The molecule has 16 heavy (non-hydrogen) atoms. The molecular formula is C11H20N4O. The Kier molecular flexibility index (Phi) is 4.49. The second-order valence-electron chi connectivity index (χ2n) is 4.05. The number of methoxy groups -OCH3 is 1. The van der Waals surface area contributed by atoms with E-state index in [1.165, 1.54) is 6.33 Å². The third-order valence-electron chi connectivity index (χ3n) is 2.68. The molecule has 1 unspecified atom stereocenters. The Morgan fingerprint density at radius 3 is 2.69 bits per heavy atom. The molecule has 5 heteroatoms. The van der Waals surface area contributed by atoms with E-state index in [1.54, 1.807) is 7.11 Å². The molecule has 0 aromatic carbocycles. The molecular weight excluding hydrogens is 204 g/mol. The topological polar surface area (TPSA) is 50.3 Å². The third-order valence-corrected chi connectivity index (χ3v) is 2.68. The minimum atomic E-state index is 0.445. The van der Waals surface area contributed by atoms with E-state index in [0.29, 0.717) is 11.9 Å². The molecule has 1 aromatic heterocycles. The molecule has 0 saturated carbocycles. The molecule has 0 aliphatic rings. The van der Waals surface area contributed by atoms with Gasteiger partial charge in [0.15, 0.2) is 0 Å². The Morgan fingerprint density at radius 2 is 2.12 bits per heavy atom. The molecule has 0 bridgehead atoms. The number of hydrogen-bond donors (Lipinski definition) is 1. The molecule has 1 rings (SSSR count). The van der Waals surface area contributed by atoms with Crippen molar-refractivity contribution in [1.29, 1.82) is 0 Å². The van der Waals surface area contributed by atoms with Crippen LogP contribution in [0, 0.1) is 6.92 Å². The van der Waals surface area contributed by atoms with E-state index in [0.717, 1.165) is 17.9 Å². The van der Waals surface area contributed by atoms with E-state index >= 15 is 0 Å². The van der Waals surface area contributed by atoms with Gasteiger partial charge in [-0.1, -0.05) is 0 Å². The molecule has 0 saturated heterocycles. The van der Waals surface area contributed by atoms with Gasteiger partial charge in [0, 0.05) is 12.6 Å². The van der Waals surface area contributed by atoms with E-state index < -0.39 is 0 Å². The van der Waals surface area contributed by atoms with E-state index in [1.807, 2.05) is 6.92 Å². The Balaban J connectivity index is 2.67. The fourth-order valence-corrected chi connectivity index (χ4v) is 1.24. The van der Waals surface area contributed by atoms with Crippen LogP contribution in [-0.2, 0) is 0 Å². The van der Waals surface area contributed by atoms with E-state index in [2.05, 4.69) is 41.2 Å². The Hall–Kier alpha value is -1.36. The predicted octanol–water partition coefficient (Wildman–Crippen LogP) is 1.16. The van der Waals surface area contributed by atoms with Gasteiger partial charge in [-0.25, -0.2) is 9.97 Å². The van der Waals surface area contributed by atoms with Gasteiger partial charge in [0.1, 0.15) is 12.1 Å². The zero-order chi connectivity index (χ0) is 12.1. The molecule has 0 amide bonds. The lowest BCUT2D eigenvalue weighted by Crippen LogP contribution is -2.31. The number of rotatable bonds is 5. The lowest BCUT2D eigenvalue weighted by Gasteiger charge is -2.20. The normalized spacial score (nSPS) is 12.6. The summed E-state index contributed by atoms with van der Waals surface area (Å²) in [5.74, 6) is 1.45. The zero-order valence-corrected chi connectivity index (χ0v) is 10.6. The summed E-state index contributed by atoms with van der Waals surface area (Å²) in [7, 11) is 5.72. The van der Waals surface area contributed by atoms with Crippen molar-refractivity contribution in [2.75, 3.05) is 33.1 Å². The van der Waals surface area contributed by atoms with Gasteiger partial charge in [-0.3, -0.25) is 0 Å². The average Bonchev–Trinajstić information content (AvgIpc) is 2.27. The summed E-state index contributed by atoms with van der Waals surface area (Å²) in [4.78, 5) is 10.4.